The Labute approximate surface area is 88.3 Å². The molecule has 0 spiro atoms. The lowest BCUT2D eigenvalue weighted by Gasteiger charge is -2.23. The number of hydrogen-bond donors (Lipinski definition) is 1. The predicted molar refractivity (Wildman–Crippen MR) is 54.6 cm³/mol. The molecule has 0 saturated heterocycles. The molecule has 1 aromatic rings. The fourth-order valence-corrected chi connectivity index (χ4v) is 2.06. The first kappa shape index (κ1) is 10.2. The van der Waals surface area contributed by atoms with E-state index in [2.05, 4.69) is 17.0 Å². The molecule has 0 amide bonds. The van der Waals surface area contributed by atoms with Crippen LogP contribution < -0.4 is 0 Å². The van der Waals surface area contributed by atoms with E-state index in [4.69, 9.17) is 5.11 Å². The molecule has 1 aliphatic rings. The molecular formula is C10H15N3O2. The van der Waals surface area contributed by atoms with Crippen molar-refractivity contribution in [2.45, 2.75) is 26.4 Å². The Morgan fingerprint density at radius 1 is 1.60 bits per heavy atom. The van der Waals surface area contributed by atoms with Crippen LogP contribution in [0.2, 0.25) is 0 Å². The first-order valence-electron chi connectivity index (χ1n) is 5.03. The highest BCUT2D eigenvalue weighted by atomic mass is 16.4. The lowest BCUT2D eigenvalue weighted by atomic mass is 10.1. The number of carbonyl (C=O) groups is 1. The smallest absolute Gasteiger partial charge is 0.325 e. The molecule has 5 nitrogen and oxygen atoms in total. The molecule has 15 heavy (non-hydrogen) atoms. The SMILES string of the molecule is Cc1nn(CC(=O)O)c2c1CN(C)CC2. The van der Waals surface area contributed by atoms with Crippen molar-refractivity contribution in [1.29, 1.82) is 0 Å². The lowest BCUT2D eigenvalue weighted by Crippen LogP contribution is -2.28. The number of hydrogen-bond acceptors (Lipinski definition) is 3. The Morgan fingerprint density at radius 2 is 2.33 bits per heavy atom. The van der Waals surface area contributed by atoms with E-state index in [0.717, 1.165) is 30.9 Å². The Kier molecular flexibility index (Phi) is 2.48. The second-order valence-electron chi connectivity index (χ2n) is 4.05. The van der Waals surface area contributed by atoms with Gasteiger partial charge in [0.1, 0.15) is 6.54 Å². The second-order valence-corrected chi connectivity index (χ2v) is 4.05. The van der Waals surface area contributed by atoms with Crippen LogP contribution in [0.1, 0.15) is 17.0 Å². The van der Waals surface area contributed by atoms with Gasteiger partial charge < -0.3 is 10.0 Å². The summed E-state index contributed by atoms with van der Waals surface area (Å²) in [5, 5.41) is 13.0. The third-order valence-corrected chi connectivity index (χ3v) is 2.81. The summed E-state index contributed by atoms with van der Waals surface area (Å²) in [7, 11) is 2.07. The van der Waals surface area contributed by atoms with Crippen LogP contribution in [0.3, 0.4) is 0 Å². The molecule has 2 rings (SSSR count). The quantitative estimate of drug-likeness (QED) is 0.759. The zero-order valence-corrected chi connectivity index (χ0v) is 9.03. The highest BCUT2D eigenvalue weighted by Crippen LogP contribution is 2.20. The minimum absolute atomic E-state index is 0.0279. The normalized spacial score (nSPS) is 16.4. The van der Waals surface area contributed by atoms with Gasteiger partial charge in [0, 0.05) is 30.8 Å². The average Bonchev–Trinajstić information content (AvgIpc) is 2.42. The van der Waals surface area contributed by atoms with Gasteiger partial charge in [-0.2, -0.15) is 5.10 Å². The molecule has 82 valence electrons. The van der Waals surface area contributed by atoms with Gasteiger partial charge in [0.05, 0.1) is 5.69 Å². The van der Waals surface area contributed by atoms with Crippen molar-refractivity contribution in [3.05, 3.63) is 17.0 Å². The highest BCUT2D eigenvalue weighted by Gasteiger charge is 2.21. The Bertz CT molecular complexity index is 398. The molecule has 5 heteroatoms. The minimum atomic E-state index is -0.834. The largest absolute Gasteiger partial charge is 0.480 e. The summed E-state index contributed by atoms with van der Waals surface area (Å²) < 4.78 is 1.62. The van der Waals surface area contributed by atoms with E-state index in [1.54, 1.807) is 4.68 Å². The topological polar surface area (TPSA) is 58.4 Å². The van der Waals surface area contributed by atoms with Crippen LogP contribution in [0.5, 0.6) is 0 Å². The zero-order valence-electron chi connectivity index (χ0n) is 9.03. The van der Waals surface area contributed by atoms with E-state index in [1.807, 2.05) is 6.92 Å². The summed E-state index contributed by atoms with van der Waals surface area (Å²) >= 11 is 0. The summed E-state index contributed by atoms with van der Waals surface area (Å²) in [6.07, 6.45) is 0.889. The average molecular weight is 209 g/mol. The van der Waals surface area contributed by atoms with E-state index < -0.39 is 5.97 Å². The van der Waals surface area contributed by atoms with Crippen LogP contribution in [0, 0.1) is 6.92 Å². The van der Waals surface area contributed by atoms with Gasteiger partial charge in [0.15, 0.2) is 0 Å². The van der Waals surface area contributed by atoms with Crippen molar-refractivity contribution in [2.24, 2.45) is 0 Å². The maximum Gasteiger partial charge on any atom is 0.325 e. The van der Waals surface area contributed by atoms with Crippen molar-refractivity contribution in [3.8, 4) is 0 Å². The maximum atomic E-state index is 10.7. The molecule has 2 heterocycles. The number of nitrogens with zero attached hydrogens (tertiary/aromatic N) is 3. The Morgan fingerprint density at radius 3 is 3.00 bits per heavy atom. The summed E-state index contributed by atoms with van der Waals surface area (Å²) in [5.41, 5.74) is 3.25. The number of rotatable bonds is 2. The van der Waals surface area contributed by atoms with Crippen molar-refractivity contribution >= 4 is 5.97 Å². The van der Waals surface area contributed by atoms with Crippen LogP contribution in [0.25, 0.3) is 0 Å². The second kappa shape index (κ2) is 3.66. The van der Waals surface area contributed by atoms with Crippen molar-refractivity contribution in [1.82, 2.24) is 14.7 Å². The van der Waals surface area contributed by atoms with Gasteiger partial charge in [-0.1, -0.05) is 0 Å². The van der Waals surface area contributed by atoms with Crippen molar-refractivity contribution in [3.63, 3.8) is 0 Å². The van der Waals surface area contributed by atoms with Gasteiger partial charge >= 0.3 is 5.97 Å². The number of likely N-dealkylation sites (N-methyl/N-ethyl adjacent to an activating group) is 1. The zero-order chi connectivity index (χ0) is 11.0. The molecule has 1 N–H and O–H groups in total. The first-order chi connectivity index (χ1) is 7.08. The molecule has 0 radical (unpaired) electrons. The van der Waals surface area contributed by atoms with Crippen LogP contribution in [-0.2, 0) is 24.3 Å². The molecule has 0 atom stereocenters. The number of fused-ring (bicyclic) bond motifs is 1. The molecule has 0 unspecified atom stereocenters. The molecule has 0 aromatic carbocycles. The minimum Gasteiger partial charge on any atom is -0.480 e. The third kappa shape index (κ3) is 1.87. The number of carboxylic acids is 1. The maximum absolute atomic E-state index is 10.7. The summed E-state index contributed by atoms with van der Waals surface area (Å²) in [4.78, 5) is 12.9. The standard InChI is InChI=1S/C10H15N3O2/c1-7-8-5-12(2)4-3-9(8)13(11-7)6-10(14)15/h3-6H2,1-2H3,(H,14,15). The van der Waals surface area contributed by atoms with Crippen LogP contribution >= 0.6 is 0 Å². The highest BCUT2D eigenvalue weighted by molar-refractivity contribution is 5.66. The predicted octanol–water partition coefficient (Wildman–Crippen LogP) is 0.264. The summed E-state index contributed by atoms with van der Waals surface area (Å²) in [5.74, 6) is -0.834. The summed E-state index contributed by atoms with van der Waals surface area (Å²) in [6.45, 7) is 3.76. The van der Waals surface area contributed by atoms with E-state index >= 15 is 0 Å². The molecule has 0 fully saturated rings. The Hall–Kier alpha value is -1.36. The van der Waals surface area contributed by atoms with E-state index in [9.17, 15) is 4.79 Å². The number of aliphatic carboxylic acids is 1. The van der Waals surface area contributed by atoms with Gasteiger partial charge in [-0.05, 0) is 14.0 Å². The van der Waals surface area contributed by atoms with Gasteiger partial charge in [-0.25, -0.2) is 0 Å². The molecule has 0 aliphatic carbocycles. The molecule has 0 bridgehead atoms. The fraction of sp³-hybridized carbons (Fsp3) is 0.600. The van der Waals surface area contributed by atoms with E-state index in [1.165, 1.54) is 5.56 Å². The number of aromatic nitrogens is 2. The number of carboxylic acid groups (broad SMARTS) is 1. The number of aryl methyl sites for hydroxylation is 1. The van der Waals surface area contributed by atoms with Crippen LogP contribution in [-0.4, -0.2) is 39.3 Å². The fourth-order valence-electron chi connectivity index (χ4n) is 2.06. The van der Waals surface area contributed by atoms with Gasteiger partial charge in [-0.15, -0.1) is 0 Å². The van der Waals surface area contributed by atoms with Crippen molar-refractivity contribution in [2.75, 3.05) is 13.6 Å². The lowest BCUT2D eigenvalue weighted by molar-refractivity contribution is -0.137. The Balaban J connectivity index is 2.34. The molecular weight excluding hydrogens is 194 g/mol. The van der Waals surface area contributed by atoms with Crippen LogP contribution in [0.15, 0.2) is 0 Å². The van der Waals surface area contributed by atoms with Crippen molar-refractivity contribution < 1.29 is 9.90 Å². The third-order valence-electron chi connectivity index (χ3n) is 2.81. The summed E-state index contributed by atoms with van der Waals surface area (Å²) in [6, 6.07) is 0. The van der Waals surface area contributed by atoms with Gasteiger partial charge in [-0.3, -0.25) is 9.48 Å². The van der Waals surface area contributed by atoms with Gasteiger partial charge in [0.2, 0.25) is 0 Å². The molecule has 1 aliphatic heterocycles. The van der Waals surface area contributed by atoms with Gasteiger partial charge in [0.25, 0.3) is 0 Å². The van der Waals surface area contributed by atoms with Crippen LogP contribution in [0.4, 0.5) is 0 Å². The monoisotopic (exact) mass is 209 g/mol. The molecule has 0 saturated carbocycles. The van der Waals surface area contributed by atoms with E-state index in [-0.39, 0.29) is 6.54 Å². The molecule has 1 aromatic heterocycles. The first-order valence-corrected chi connectivity index (χ1v) is 5.03. The van der Waals surface area contributed by atoms with E-state index in [0.29, 0.717) is 0 Å².